The summed E-state index contributed by atoms with van der Waals surface area (Å²) in [5, 5.41) is 12.4. The Bertz CT molecular complexity index is 875. The van der Waals surface area contributed by atoms with Crippen molar-refractivity contribution in [2.75, 3.05) is 6.54 Å². The van der Waals surface area contributed by atoms with Crippen LogP contribution in [-0.4, -0.2) is 37.0 Å². The fourth-order valence-corrected chi connectivity index (χ4v) is 6.56. The van der Waals surface area contributed by atoms with E-state index in [0.717, 1.165) is 50.8 Å². The molecule has 7 nitrogen and oxygen atoms in total. The summed E-state index contributed by atoms with van der Waals surface area (Å²) in [6.07, 6.45) is 11.0. The number of carbonyl (C=O) groups excluding carboxylic acids is 1. The zero-order valence-corrected chi connectivity index (χ0v) is 17.0. The van der Waals surface area contributed by atoms with Gasteiger partial charge in [-0.3, -0.25) is 9.48 Å². The number of halogens is 1. The third kappa shape index (κ3) is 3.04. The van der Waals surface area contributed by atoms with Crippen LogP contribution in [0.2, 0.25) is 5.28 Å². The van der Waals surface area contributed by atoms with Gasteiger partial charge in [0.25, 0.3) is 0 Å². The quantitative estimate of drug-likeness (QED) is 0.753. The van der Waals surface area contributed by atoms with Crippen LogP contribution in [0.1, 0.15) is 50.6 Å². The molecule has 4 aliphatic carbocycles. The highest BCUT2D eigenvalue weighted by molar-refractivity contribution is 6.28. The summed E-state index contributed by atoms with van der Waals surface area (Å²) >= 11 is 6.00. The number of aryl methyl sites for hydroxylation is 2. The zero-order valence-electron chi connectivity index (χ0n) is 16.3. The monoisotopic (exact) mass is 402 g/mol. The van der Waals surface area contributed by atoms with E-state index in [1.807, 2.05) is 28.6 Å². The lowest BCUT2D eigenvalue weighted by Gasteiger charge is -2.60. The second kappa shape index (κ2) is 6.58. The summed E-state index contributed by atoms with van der Waals surface area (Å²) < 4.78 is 3.91. The van der Waals surface area contributed by atoms with E-state index in [4.69, 9.17) is 11.6 Å². The Kier molecular flexibility index (Phi) is 4.27. The molecule has 1 N–H and O–H groups in total. The molecule has 6 rings (SSSR count). The molecule has 2 heterocycles. The predicted molar refractivity (Wildman–Crippen MR) is 105 cm³/mol. The molecular weight excluding hydrogens is 376 g/mol. The van der Waals surface area contributed by atoms with Gasteiger partial charge in [0.15, 0.2) is 0 Å². The maximum Gasteiger partial charge on any atom is 0.242 e. The summed E-state index contributed by atoms with van der Waals surface area (Å²) in [6.45, 7) is 3.51. The van der Waals surface area contributed by atoms with E-state index in [0.29, 0.717) is 23.7 Å². The molecule has 4 aliphatic rings. The van der Waals surface area contributed by atoms with Gasteiger partial charge in [0.2, 0.25) is 11.2 Å². The highest BCUT2D eigenvalue weighted by atomic mass is 35.5. The number of hydrogen-bond acceptors (Lipinski definition) is 4. The highest BCUT2D eigenvalue weighted by Crippen LogP contribution is 2.64. The Balaban J connectivity index is 1.27. The molecule has 2 aromatic rings. The summed E-state index contributed by atoms with van der Waals surface area (Å²) in [4.78, 5) is 17.4. The van der Waals surface area contributed by atoms with E-state index in [2.05, 4.69) is 20.5 Å². The van der Waals surface area contributed by atoms with Gasteiger partial charge in [0.1, 0.15) is 6.33 Å². The lowest BCUT2D eigenvalue weighted by atomic mass is 9.46. The molecule has 2 atom stereocenters. The predicted octanol–water partition coefficient (Wildman–Crippen LogP) is 2.94. The van der Waals surface area contributed by atoms with E-state index in [9.17, 15) is 4.79 Å². The van der Waals surface area contributed by atoms with Gasteiger partial charge < -0.3 is 5.32 Å². The first kappa shape index (κ1) is 18.2. The van der Waals surface area contributed by atoms with Gasteiger partial charge in [0.05, 0.1) is 16.6 Å². The van der Waals surface area contributed by atoms with Crippen LogP contribution in [0.25, 0.3) is 0 Å². The lowest BCUT2D eigenvalue weighted by Crippen LogP contribution is -2.61. The Labute approximate surface area is 169 Å². The van der Waals surface area contributed by atoms with E-state index >= 15 is 0 Å². The minimum absolute atomic E-state index is 0.0891. The molecule has 0 aromatic carbocycles. The van der Waals surface area contributed by atoms with Gasteiger partial charge in [-0.15, -0.1) is 5.10 Å². The van der Waals surface area contributed by atoms with Crippen molar-refractivity contribution in [1.82, 2.24) is 29.9 Å². The minimum atomic E-state index is -0.259. The minimum Gasteiger partial charge on any atom is -0.356 e. The molecule has 150 valence electrons. The van der Waals surface area contributed by atoms with Crippen molar-refractivity contribution < 1.29 is 4.79 Å². The summed E-state index contributed by atoms with van der Waals surface area (Å²) in [5.41, 5.74) is 0.676. The molecule has 1 amide bonds. The summed E-state index contributed by atoms with van der Waals surface area (Å²) in [7, 11) is 0. The van der Waals surface area contributed by atoms with Crippen molar-refractivity contribution in [1.29, 1.82) is 0 Å². The first-order valence-corrected chi connectivity index (χ1v) is 10.7. The molecule has 4 bridgehead atoms. The van der Waals surface area contributed by atoms with Crippen molar-refractivity contribution in [2.24, 2.45) is 17.3 Å². The summed E-state index contributed by atoms with van der Waals surface area (Å²) in [5.74, 6) is 1.43. The molecular formula is C20H27ClN6O. The highest BCUT2D eigenvalue weighted by Gasteiger charge is 2.61. The van der Waals surface area contributed by atoms with Crippen molar-refractivity contribution in [3.63, 3.8) is 0 Å². The van der Waals surface area contributed by atoms with Crippen LogP contribution in [0.15, 0.2) is 18.6 Å². The lowest BCUT2D eigenvalue weighted by molar-refractivity contribution is -0.156. The van der Waals surface area contributed by atoms with Crippen molar-refractivity contribution in [2.45, 2.75) is 64.0 Å². The molecule has 0 saturated heterocycles. The maximum atomic E-state index is 13.3. The van der Waals surface area contributed by atoms with Gasteiger partial charge in [-0.25, -0.2) is 9.67 Å². The Morgan fingerprint density at radius 2 is 2.07 bits per heavy atom. The van der Waals surface area contributed by atoms with Crippen LogP contribution >= 0.6 is 11.6 Å². The number of aromatic nitrogens is 5. The number of amides is 1. The summed E-state index contributed by atoms with van der Waals surface area (Å²) in [6, 6.07) is 2.00. The normalized spacial score (nSPS) is 33.4. The van der Waals surface area contributed by atoms with E-state index in [-0.39, 0.29) is 16.9 Å². The molecule has 8 heteroatoms. The van der Waals surface area contributed by atoms with Crippen molar-refractivity contribution in [3.8, 4) is 0 Å². The number of carbonyl (C=O) groups is 1. The molecule has 4 saturated carbocycles. The number of nitrogens with zero attached hydrogens (tertiary/aromatic N) is 5. The maximum absolute atomic E-state index is 13.3. The van der Waals surface area contributed by atoms with Gasteiger partial charge in [0, 0.05) is 19.3 Å². The Morgan fingerprint density at radius 1 is 1.29 bits per heavy atom. The standard InChI is InChI=1S/C20H27ClN6O/c1-14-3-6-26(24-14)5-2-4-22-17(28)19-8-15-7-16(9-19)11-20(10-15,12-19)27-13-23-18(21)25-27/h3,6,13,15-16H,2,4-5,7-12H2,1H3,(H,22,28). The fraction of sp³-hybridized carbons (Fsp3) is 0.700. The van der Waals surface area contributed by atoms with Gasteiger partial charge >= 0.3 is 0 Å². The largest absolute Gasteiger partial charge is 0.356 e. The third-order valence-corrected chi connectivity index (χ3v) is 7.26. The molecule has 0 aliphatic heterocycles. The smallest absolute Gasteiger partial charge is 0.242 e. The topological polar surface area (TPSA) is 77.6 Å². The van der Waals surface area contributed by atoms with Crippen LogP contribution in [-0.2, 0) is 16.9 Å². The molecule has 2 unspecified atom stereocenters. The van der Waals surface area contributed by atoms with Crippen LogP contribution in [0.3, 0.4) is 0 Å². The van der Waals surface area contributed by atoms with E-state index in [1.54, 1.807) is 6.33 Å². The van der Waals surface area contributed by atoms with Crippen molar-refractivity contribution in [3.05, 3.63) is 29.6 Å². The van der Waals surface area contributed by atoms with Crippen LogP contribution < -0.4 is 5.32 Å². The number of rotatable bonds is 6. The zero-order chi connectivity index (χ0) is 19.4. The second-order valence-corrected chi connectivity index (χ2v) is 9.59. The Morgan fingerprint density at radius 3 is 2.71 bits per heavy atom. The third-order valence-electron chi connectivity index (χ3n) is 7.09. The number of nitrogens with one attached hydrogen (secondary N) is 1. The first-order valence-electron chi connectivity index (χ1n) is 10.3. The fourth-order valence-electron chi connectivity index (χ4n) is 6.44. The molecule has 28 heavy (non-hydrogen) atoms. The van der Waals surface area contributed by atoms with Crippen LogP contribution in [0.5, 0.6) is 0 Å². The van der Waals surface area contributed by atoms with Crippen LogP contribution in [0, 0.1) is 24.2 Å². The molecule has 0 spiro atoms. The van der Waals surface area contributed by atoms with Gasteiger partial charge in [-0.1, -0.05) is 0 Å². The second-order valence-electron chi connectivity index (χ2n) is 9.25. The first-order chi connectivity index (χ1) is 13.5. The molecule has 4 fully saturated rings. The Hall–Kier alpha value is -1.89. The average Bonchev–Trinajstić information content (AvgIpc) is 3.26. The van der Waals surface area contributed by atoms with Gasteiger partial charge in [-0.05, 0) is 81.4 Å². The molecule has 0 radical (unpaired) electrons. The molecule has 2 aromatic heterocycles. The SMILES string of the molecule is Cc1ccn(CCCNC(=O)C23CC4CC(C2)CC(n2cnc(Cl)n2)(C4)C3)n1. The van der Waals surface area contributed by atoms with E-state index in [1.165, 1.54) is 6.42 Å². The van der Waals surface area contributed by atoms with E-state index < -0.39 is 0 Å². The van der Waals surface area contributed by atoms with Crippen LogP contribution in [0.4, 0.5) is 0 Å². The number of hydrogen-bond donors (Lipinski definition) is 1. The van der Waals surface area contributed by atoms with Gasteiger partial charge in [-0.2, -0.15) is 5.10 Å². The average molecular weight is 403 g/mol. The van der Waals surface area contributed by atoms with Crippen molar-refractivity contribution >= 4 is 17.5 Å².